The molecule has 0 aromatic rings. The minimum Gasteiger partial charge on any atom is -0.396 e. The molecule has 2 aliphatic heterocycles. The number of hydrogen-bond donors (Lipinski definition) is 1. The van der Waals surface area contributed by atoms with Crippen molar-refractivity contribution in [3.63, 3.8) is 0 Å². The number of epoxide rings is 2. The molecule has 2 atom stereocenters. The smallest absolute Gasteiger partial charge is 0.0781 e. The summed E-state index contributed by atoms with van der Waals surface area (Å²) < 4.78 is 9.21. The fourth-order valence-electron chi connectivity index (χ4n) is 1.01. The fourth-order valence-corrected chi connectivity index (χ4v) is 1.01. The summed E-state index contributed by atoms with van der Waals surface area (Å²) in [6.07, 6.45) is 5.41. The summed E-state index contributed by atoms with van der Waals surface area (Å²) in [6, 6.07) is 0. The molecule has 0 amide bonds. The SMILES string of the molecule is C1CO1.CC1CO1.CCCCC(CC)CO. The van der Waals surface area contributed by atoms with Crippen molar-refractivity contribution in [2.24, 2.45) is 5.92 Å². The van der Waals surface area contributed by atoms with E-state index in [9.17, 15) is 0 Å². The average Bonchev–Trinajstić information content (AvgIpc) is 3.15. The average molecular weight is 232 g/mol. The molecule has 0 radical (unpaired) electrons. The lowest BCUT2D eigenvalue weighted by Crippen LogP contribution is -2.03. The van der Waals surface area contributed by atoms with E-state index in [4.69, 9.17) is 9.84 Å². The molecule has 98 valence electrons. The Morgan fingerprint density at radius 2 is 1.81 bits per heavy atom. The molecule has 0 aromatic heterocycles. The molecular weight excluding hydrogens is 204 g/mol. The topological polar surface area (TPSA) is 45.3 Å². The van der Waals surface area contributed by atoms with Crippen LogP contribution in [0, 0.1) is 5.92 Å². The standard InChI is InChI=1S/C8H18O.C3H6O.C2H4O/c1-3-5-6-8(4-2)7-9;1-3-2-4-3;1-2-3-1/h8-9H,3-7H2,1-2H3;3H,2H2,1H3;1-2H2. The lowest BCUT2D eigenvalue weighted by Gasteiger charge is -2.08. The third-order valence-electron chi connectivity index (χ3n) is 2.51. The maximum absolute atomic E-state index is 8.75. The summed E-state index contributed by atoms with van der Waals surface area (Å²) in [5, 5.41) is 8.75. The van der Waals surface area contributed by atoms with Crippen LogP contribution in [0.15, 0.2) is 0 Å². The quantitative estimate of drug-likeness (QED) is 0.741. The van der Waals surface area contributed by atoms with E-state index in [1.54, 1.807) is 0 Å². The maximum Gasteiger partial charge on any atom is 0.0781 e. The Balaban J connectivity index is 0.000000256. The highest BCUT2D eigenvalue weighted by molar-refractivity contribution is 4.58. The molecule has 2 unspecified atom stereocenters. The monoisotopic (exact) mass is 232 g/mol. The van der Waals surface area contributed by atoms with Crippen molar-refractivity contribution < 1.29 is 14.6 Å². The molecule has 0 aromatic carbocycles. The van der Waals surface area contributed by atoms with E-state index in [0.717, 1.165) is 26.2 Å². The second-order valence-electron chi connectivity index (χ2n) is 4.36. The molecule has 0 bridgehead atoms. The van der Waals surface area contributed by atoms with Crippen molar-refractivity contribution in [2.45, 2.75) is 52.6 Å². The fraction of sp³-hybridized carbons (Fsp3) is 1.00. The molecule has 0 spiro atoms. The van der Waals surface area contributed by atoms with E-state index in [1.807, 2.05) is 0 Å². The molecule has 2 rings (SSSR count). The van der Waals surface area contributed by atoms with Gasteiger partial charge >= 0.3 is 0 Å². The molecule has 0 aliphatic carbocycles. The lowest BCUT2D eigenvalue weighted by molar-refractivity contribution is 0.212. The van der Waals surface area contributed by atoms with Gasteiger partial charge in [-0.25, -0.2) is 0 Å². The van der Waals surface area contributed by atoms with Gasteiger partial charge in [0.05, 0.1) is 25.9 Å². The summed E-state index contributed by atoms with van der Waals surface area (Å²) in [7, 11) is 0. The van der Waals surface area contributed by atoms with Crippen LogP contribution in [0.25, 0.3) is 0 Å². The highest BCUT2D eigenvalue weighted by atomic mass is 16.6. The number of hydrogen-bond acceptors (Lipinski definition) is 3. The predicted molar refractivity (Wildman–Crippen MR) is 66.6 cm³/mol. The van der Waals surface area contributed by atoms with Gasteiger partial charge in [0.1, 0.15) is 0 Å². The van der Waals surface area contributed by atoms with Gasteiger partial charge in [-0.15, -0.1) is 0 Å². The van der Waals surface area contributed by atoms with Crippen LogP contribution in [-0.2, 0) is 9.47 Å². The normalized spacial score (nSPS) is 22.1. The number of aliphatic hydroxyl groups is 1. The van der Waals surface area contributed by atoms with E-state index >= 15 is 0 Å². The van der Waals surface area contributed by atoms with Crippen LogP contribution >= 0.6 is 0 Å². The molecule has 0 saturated carbocycles. The molecule has 1 N–H and O–H groups in total. The zero-order chi connectivity index (χ0) is 12.2. The van der Waals surface area contributed by atoms with Crippen molar-refractivity contribution in [1.29, 1.82) is 0 Å². The largest absolute Gasteiger partial charge is 0.396 e. The highest BCUT2D eigenvalue weighted by Gasteiger charge is 2.13. The zero-order valence-electron chi connectivity index (χ0n) is 11.1. The zero-order valence-corrected chi connectivity index (χ0v) is 11.1. The molecule has 3 heteroatoms. The van der Waals surface area contributed by atoms with E-state index < -0.39 is 0 Å². The Labute approximate surface area is 100 Å². The second kappa shape index (κ2) is 11.4. The molecule has 2 aliphatic rings. The summed E-state index contributed by atoms with van der Waals surface area (Å²) in [6.45, 7) is 9.73. The van der Waals surface area contributed by atoms with Crippen LogP contribution in [0.5, 0.6) is 0 Å². The van der Waals surface area contributed by atoms with Gasteiger partial charge in [-0.2, -0.15) is 0 Å². The summed E-state index contributed by atoms with van der Waals surface area (Å²) in [4.78, 5) is 0. The van der Waals surface area contributed by atoms with E-state index in [1.165, 1.54) is 19.3 Å². The first-order valence-corrected chi connectivity index (χ1v) is 6.54. The van der Waals surface area contributed by atoms with Gasteiger partial charge in [0.15, 0.2) is 0 Å². The Morgan fingerprint density at radius 1 is 1.31 bits per heavy atom. The summed E-state index contributed by atoms with van der Waals surface area (Å²) >= 11 is 0. The van der Waals surface area contributed by atoms with E-state index in [2.05, 4.69) is 25.5 Å². The molecule has 3 nitrogen and oxygen atoms in total. The first kappa shape index (κ1) is 15.9. The van der Waals surface area contributed by atoms with Crippen LogP contribution in [0.2, 0.25) is 0 Å². The lowest BCUT2D eigenvalue weighted by atomic mass is 10.0. The van der Waals surface area contributed by atoms with Gasteiger partial charge in [0.2, 0.25) is 0 Å². The van der Waals surface area contributed by atoms with Gasteiger partial charge in [0.25, 0.3) is 0 Å². The highest BCUT2D eigenvalue weighted by Crippen LogP contribution is 2.10. The van der Waals surface area contributed by atoms with Crippen molar-refractivity contribution in [1.82, 2.24) is 0 Å². The van der Waals surface area contributed by atoms with E-state index in [0.29, 0.717) is 18.6 Å². The van der Waals surface area contributed by atoms with Crippen LogP contribution in [0.4, 0.5) is 0 Å². The number of unbranched alkanes of at least 4 members (excludes halogenated alkanes) is 1. The van der Waals surface area contributed by atoms with E-state index in [-0.39, 0.29) is 0 Å². The molecule has 2 saturated heterocycles. The Bertz CT molecular complexity index is 126. The van der Waals surface area contributed by atoms with Gasteiger partial charge < -0.3 is 14.6 Å². The number of rotatable bonds is 5. The third-order valence-corrected chi connectivity index (χ3v) is 2.51. The summed E-state index contributed by atoms with van der Waals surface area (Å²) in [5.41, 5.74) is 0. The predicted octanol–water partition coefficient (Wildman–Crippen LogP) is 2.62. The Morgan fingerprint density at radius 3 is 2.00 bits per heavy atom. The molecule has 2 fully saturated rings. The third kappa shape index (κ3) is 16.3. The minimum atomic E-state index is 0.372. The minimum absolute atomic E-state index is 0.372. The van der Waals surface area contributed by atoms with Gasteiger partial charge in [-0.3, -0.25) is 0 Å². The van der Waals surface area contributed by atoms with Crippen molar-refractivity contribution in [3.8, 4) is 0 Å². The summed E-state index contributed by atoms with van der Waals surface area (Å²) in [5.74, 6) is 0.560. The second-order valence-corrected chi connectivity index (χ2v) is 4.36. The first-order valence-electron chi connectivity index (χ1n) is 6.54. The number of aliphatic hydroxyl groups excluding tert-OH is 1. The van der Waals surface area contributed by atoms with Gasteiger partial charge in [-0.1, -0.05) is 33.1 Å². The number of ether oxygens (including phenoxy) is 2. The van der Waals surface area contributed by atoms with Gasteiger partial charge in [-0.05, 0) is 19.3 Å². The Kier molecular flexibility index (Phi) is 11.3. The van der Waals surface area contributed by atoms with Crippen LogP contribution in [0.3, 0.4) is 0 Å². The van der Waals surface area contributed by atoms with Crippen LogP contribution in [-0.4, -0.2) is 37.6 Å². The molecular formula is C13H28O3. The first-order chi connectivity index (χ1) is 7.74. The molecule has 16 heavy (non-hydrogen) atoms. The van der Waals surface area contributed by atoms with Crippen molar-refractivity contribution in [2.75, 3.05) is 26.4 Å². The van der Waals surface area contributed by atoms with Crippen molar-refractivity contribution in [3.05, 3.63) is 0 Å². The van der Waals surface area contributed by atoms with Gasteiger partial charge in [0, 0.05) is 6.61 Å². The van der Waals surface area contributed by atoms with Crippen LogP contribution in [0.1, 0.15) is 46.5 Å². The Hall–Kier alpha value is -0.120. The van der Waals surface area contributed by atoms with Crippen molar-refractivity contribution >= 4 is 0 Å². The van der Waals surface area contributed by atoms with Crippen LogP contribution < -0.4 is 0 Å². The maximum atomic E-state index is 8.75. The molecule has 2 heterocycles.